The maximum absolute atomic E-state index is 11.8. The van der Waals surface area contributed by atoms with Crippen molar-refractivity contribution in [3.8, 4) is 0 Å². The van der Waals surface area contributed by atoms with E-state index in [1.54, 1.807) is 13.8 Å². The molecule has 0 aromatic heterocycles. The van der Waals surface area contributed by atoms with Crippen molar-refractivity contribution in [1.82, 2.24) is 4.72 Å². The summed E-state index contributed by atoms with van der Waals surface area (Å²) in [5.41, 5.74) is -0.444. The Hall–Kier alpha value is -1.44. The highest BCUT2D eigenvalue weighted by Crippen LogP contribution is 2.16. The molecule has 6 nitrogen and oxygen atoms in total. The van der Waals surface area contributed by atoms with Crippen LogP contribution in [0, 0.1) is 0 Å². The lowest BCUT2D eigenvalue weighted by Crippen LogP contribution is -2.38. The fourth-order valence-electron chi connectivity index (χ4n) is 1.21. The number of hydrogen-bond donors (Lipinski definition) is 2. The Kier molecular flexibility index (Phi) is 4.67. The van der Waals surface area contributed by atoms with E-state index in [2.05, 4.69) is 10.0 Å². The second kappa shape index (κ2) is 5.68. The number of amides is 1. The number of hydrogen-bond acceptors (Lipinski definition) is 4. The Morgan fingerprint density at radius 2 is 1.74 bits per heavy atom. The molecular formula is C12H18N2O4S. The van der Waals surface area contributed by atoms with Gasteiger partial charge in [-0.2, -0.15) is 0 Å². The Balaban J connectivity index is 2.87. The van der Waals surface area contributed by atoms with Gasteiger partial charge < -0.3 is 10.1 Å². The van der Waals surface area contributed by atoms with Gasteiger partial charge in [0.15, 0.2) is 0 Å². The van der Waals surface area contributed by atoms with Crippen molar-refractivity contribution < 1.29 is 17.9 Å². The van der Waals surface area contributed by atoms with Crippen LogP contribution < -0.4 is 10.0 Å². The highest BCUT2D eigenvalue weighted by Gasteiger charge is 2.26. The van der Waals surface area contributed by atoms with Crippen LogP contribution in [0.5, 0.6) is 0 Å². The summed E-state index contributed by atoms with van der Waals surface area (Å²) in [6.07, 6.45) is 0. The van der Waals surface area contributed by atoms with Gasteiger partial charge in [-0.1, -0.05) is 0 Å². The fourth-order valence-corrected chi connectivity index (χ4v) is 1.94. The first-order valence-corrected chi connectivity index (χ1v) is 7.11. The van der Waals surface area contributed by atoms with Crippen LogP contribution in [0.3, 0.4) is 0 Å². The van der Waals surface area contributed by atoms with E-state index in [1.165, 1.54) is 38.4 Å². The van der Waals surface area contributed by atoms with Gasteiger partial charge in [-0.3, -0.25) is 4.79 Å². The Morgan fingerprint density at radius 1 is 1.21 bits per heavy atom. The number of rotatable bonds is 5. The molecule has 106 valence electrons. The smallest absolute Gasteiger partial charge is 0.256 e. The van der Waals surface area contributed by atoms with Crippen LogP contribution in [0.4, 0.5) is 5.69 Å². The van der Waals surface area contributed by atoms with Crippen molar-refractivity contribution in [1.29, 1.82) is 0 Å². The molecule has 0 aliphatic rings. The first kappa shape index (κ1) is 15.6. The molecule has 1 aromatic carbocycles. The number of carbonyl (C=O) groups excluding carboxylic acids is 1. The number of methoxy groups -OCH3 is 1. The van der Waals surface area contributed by atoms with Gasteiger partial charge in [0, 0.05) is 12.8 Å². The molecule has 0 spiro atoms. The largest absolute Gasteiger partial charge is 0.369 e. The zero-order valence-corrected chi connectivity index (χ0v) is 12.2. The summed E-state index contributed by atoms with van der Waals surface area (Å²) in [5.74, 6) is -0.306. The molecule has 19 heavy (non-hydrogen) atoms. The molecule has 7 heteroatoms. The van der Waals surface area contributed by atoms with Crippen LogP contribution in [-0.4, -0.2) is 34.1 Å². The number of sulfonamides is 1. The van der Waals surface area contributed by atoms with E-state index in [0.29, 0.717) is 5.69 Å². The standard InChI is InChI=1S/C12H18N2O4S/c1-12(2,18-4)11(15)14-9-5-7-10(8-6-9)19(16,17)13-3/h5-8,13H,1-4H3,(H,14,15). The number of nitrogens with one attached hydrogen (secondary N) is 2. The molecule has 0 heterocycles. The van der Waals surface area contributed by atoms with Gasteiger partial charge in [-0.15, -0.1) is 0 Å². The summed E-state index contributed by atoms with van der Waals surface area (Å²) in [7, 11) is -0.678. The van der Waals surface area contributed by atoms with Gasteiger partial charge in [0.25, 0.3) is 5.91 Å². The van der Waals surface area contributed by atoms with E-state index in [0.717, 1.165) is 0 Å². The van der Waals surface area contributed by atoms with Crippen molar-refractivity contribution in [3.63, 3.8) is 0 Å². The van der Waals surface area contributed by atoms with E-state index in [9.17, 15) is 13.2 Å². The fraction of sp³-hybridized carbons (Fsp3) is 0.417. The lowest BCUT2D eigenvalue weighted by atomic mass is 10.1. The van der Waals surface area contributed by atoms with Gasteiger partial charge in [0.1, 0.15) is 5.60 Å². The second-order valence-electron chi connectivity index (χ2n) is 4.40. The first-order valence-electron chi connectivity index (χ1n) is 5.63. The molecule has 0 bridgehead atoms. The number of ether oxygens (including phenoxy) is 1. The zero-order chi connectivity index (χ0) is 14.7. The molecule has 0 unspecified atom stereocenters. The predicted octanol–water partition coefficient (Wildman–Crippen LogP) is 0.958. The Morgan fingerprint density at radius 3 is 2.16 bits per heavy atom. The van der Waals surface area contributed by atoms with Crippen molar-refractivity contribution in [3.05, 3.63) is 24.3 Å². The average molecular weight is 286 g/mol. The Labute approximate surface area is 113 Å². The lowest BCUT2D eigenvalue weighted by Gasteiger charge is -2.21. The summed E-state index contributed by atoms with van der Waals surface area (Å²) in [6, 6.07) is 5.88. The van der Waals surface area contributed by atoms with E-state index < -0.39 is 15.6 Å². The van der Waals surface area contributed by atoms with Crippen molar-refractivity contribution >= 4 is 21.6 Å². The number of carbonyl (C=O) groups is 1. The van der Waals surface area contributed by atoms with Gasteiger partial charge in [0.05, 0.1) is 4.90 Å². The van der Waals surface area contributed by atoms with Gasteiger partial charge in [-0.05, 0) is 45.2 Å². The molecule has 0 aliphatic carbocycles. The van der Waals surface area contributed by atoms with Crippen molar-refractivity contribution in [2.24, 2.45) is 0 Å². The lowest BCUT2D eigenvalue weighted by molar-refractivity contribution is -0.133. The SMILES string of the molecule is CNS(=O)(=O)c1ccc(NC(=O)C(C)(C)OC)cc1. The van der Waals surface area contributed by atoms with Crippen molar-refractivity contribution in [2.75, 3.05) is 19.5 Å². The van der Waals surface area contributed by atoms with E-state index in [4.69, 9.17) is 4.74 Å². The molecular weight excluding hydrogens is 268 g/mol. The minimum atomic E-state index is -3.46. The molecule has 1 rings (SSSR count). The van der Waals surface area contributed by atoms with Gasteiger partial charge in [-0.25, -0.2) is 13.1 Å². The molecule has 0 aliphatic heterocycles. The average Bonchev–Trinajstić information content (AvgIpc) is 2.39. The summed E-state index contributed by atoms with van der Waals surface area (Å²) in [5, 5.41) is 2.65. The maximum Gasteiger partial charge on any atom is 0.256 e. The molecule has 1 amide bonds. The third-order valence-corrected chi connectivity index (χ3v) is 4.18. The van der Waals surface area contributed by atoms with Crippen LogP contribution in [-0.2, 0) is 19.6 Å². The van der Waals surface area contributed by atoms with Crippen LogP contribution in [0.15, 0.2) is 29.2 Å². The topological polar surface area (TPSA) is 84.5 Å². The minimum Gasteiger partial charge on any atom is -0.369 e. The second-order valence-corrected chi connectivity index (χ2v) is 6.29. The predicted molar refractivity (Wildman–Crippen MR) is 72.4 cm³/mol. The summed E-state index contributed by atoms with van der Waals surface area (Å²) >= 11 is 0. The molecule has 2 N–H and O–H groups in total. The monoisotopic (exact) mass is 286 g/mol. The highest BCUT2D eigenvalue weighted by molar-refractivity contribution is 7.89. The maximum atomic E-state index is 11.8. The zero-order valence-electron chi connectivity index (χ0n) is 11.4. The third kappa shape index (κ3) is 3.76. The molecule has 1 aromatic rings. The number of benzene rings is 1. The van der Waals surface area contributed by atoms with E-state index in [1.807, 2.05) is 0 Å². The quantitative estimate of drug-likeness (QED) is 0.844. The summed E-state index contributed by atoms with van der Waals surface area (Å²) < 4.78 is 30.3. The van der Waals surface area contributed by atoms with Crippen LogP contribution >= 0.6 is 0 Å². The van der Waals surface area contributed by atoms with Crippen molar-refractivity contribution in [2.45, 2.75) is 24.3 Å². The third-order valence-electron chi connectivity index (χ3n) is 2.75. The van der Waals surface area contributed by atoms with Crippen LogP contribution in [0.2, 0.25) is 0 Å². The van der Waals surface area contributed by atoms with Gasteiger partial charge in [0.2, 0.25) is 10.0 Å². The highest BCUT2D eigenvalue weighted by atomic mass is 32.2. The van der Waals surface area contributed by atoms with Gasteiger partial charge >= 0.3 is 0 Å². The Bertz CT molecular complexity index is 550. The first-order chi connectivity index (χ1) is 8.73. The minimum absolute atomic E-state index is 0.138. The van der Waals surface area contributed by atoms with Crippen LogP contribution in [0.1, 0.15) is 13.8 Å². The summed E-state index contributed by atoms with van der Waals surface area (Å²) in [4.78, 5) is 12.0. The normalized spacial score (nSPS) is 12.2. The summed E-state index contributed by atoms with van der Waals surface area (Å²) in [6.45, 7) is 3.28. The molecule has 0 atom stereocenters. The molecule has 0 fully saturated rings. The van der Waals surface area contributed by atoms with E-state index >= 15 is 0 Å². The molecule has 0 saturated carbocycles. The van der Waals surface area contributed by atoms with E-state index in [-0.39, 0.29) is 10.8 Å². The molecule has 0 radical (unpaired) electrons. The number of anilines is 1. The molecule has 0 saturated heterocycles. The van der Waals surface area contributed by atoms with Crippen LogP contribution in [0.25, 0.3) is 0 Å².